The van der Waals surface area contributed by atoms with E-state index in [4.69, 9.17) is 10.5 Å². The average Bonchev–Trinajstić information content (AvgIpc) is 3.53. The van der Waals surface area contributed by atoms with Crippen molar-refractivity contribution in [3.63, 3.8) is 0 Å². The van der Waals surface area contributed by atoms with Gasteiger partial charge in [0.15, 0.2) is 0 Å². The van der Waals surface area contributed by atoms with Crippen molar-refractivity contribution in [2.75, 3.05) is 18.2 Å². The number of hydrogen-bond donors (Lipinski definition) is 2. The Morgan fingerprint density at radius 2 is 2.06 bits per heavy atom. The Morgan fingerprint density at radius 1 is 1.25 bits per heavy atom. The number of carbonyl (C=O) groups excluding carboxylic acids is 1. The van der Waals surface area contributed by atoms with E-state index in [0.29, 0.717) is 11.6 Å². The molecule has 0 atom stereocenters. The molecule has 4 aromatic rings. The zero-order chi connectivity index (χ0) is 22.7. The number of anilines is 2. The molecule has 0 unspecified atom stereocenters. The molecule has 164 valence electrons. The highest BCUT2D eigenvalue weighted by molar-refractivity contribution is 5.98. The molecule has 5 rings (SSSR count). The maximum absolute atomic E-state index is 12.0. The quantitative estimate of drug-likeness (QED) is 0.507. The van der Waals surface area contributed by atoms with Gasteiger partial charge >= 0.3 is 0 Å². The van der Waals surface area contributed by atoms with Crippen LogP contribution in [0, 0.1) is 12.8 Å². The second-order valence-electron chi connectivity index (χ2n) is 7.81. The van der Waals surface area contributed by atoms with E-state index in [1.807, 2.05) is 56.6 Å². The lowest BCUT2D eigenvalue weighted by Crippen LogP contribution is -2.14. The van der Waals surface area contributed by atoms with Crippen LogP contribution in [0.25, 0.3) is 22.0 Å². The van der Waals surface area contributed by atoms with Crippen molar-refractivity contribution < 1.29 is 9.53 Å². The zero-order valence-corrected chi connectivity index (χ0v) is 18.4. The Bertz CT molecular complexity index is 1250. The van der Waals surface area contributed by atoms with Gasteiger partial charge in [-0.15, -0.1) is 0 Å². The maximum Gasteiger partial charge on any atom is 0.228 e. The summed E-state index contributed by atoms with van der Waals surface area (Å²) in [5.41, 5.74) is 8.95. The first-order valence-electron chi connectivity index (χ1n) is 10.4. The standard InChI is InChI=1S/C20H20N4O2.C4H6N2/c1-11-3-6-14(26-2)9-15(11)17-7-13-8-18(24-20(25)12-4-5-12)22-10-16(13)19(21)23-17;1-6-4-2-3-5-6/h3,6-10,12H,4-5H2,1-2H3,(H2,21,23)(H,22,24,25);2-4H,1H3. The molecule has 1 aliphatic rings. The van der Waals surface area contributed by atoms with Gasteiger partial charge in [-0.3, -0.25) is 9.48 Å². The van der Waals surface area contributed by atoms with Gasteiger partial charge in [-0.25, -0.2) is 9.97 Å². The van der Waals surface area contributed by atoms with Gasteiger partial charge < -0.3 is 15.8 Å². The van der Waals surface area contributed by atoms with E-state index in [1.165, 1.54) is 0 Å². The van der Waals surface area contributed by atoms with Crippen LogP contribution in [0.1, 0.15) is 18.4 Å². The number of hydrogen-bond acceptors (Lipinski definition) is 6. The number of rotatable bonds is 4. The molecule has 0 saturated heterocycles. The third kappa shape index (κ3) is 4.85. The van der Waals surface area contributed by atoms with E-state index in [9.17, 15) is 4.79 Å². The minimum absolute atomic E-state index is 0.0303. The van der Waals surface area contributed by atoms with E-state index >= 15 is 0 Å². The maximum atomic E-state index is 12.0. The highest BCUT2D eigenvalue weighted by Gasteiger charge is 2.29. The molecule has 0 spiro atoms. The van der Waals surface area contributed by atoms with Crippen LogP contribution in [-0.2, 0) is 11.8 Å². The van der Waals surface area contributed by atoms with Gasteiger partial charge in [0, 0.05) is 42.5 Å². The summed E-state index contributed by atoms with van der Waals surface area (Å²) >= 11 is 0. The number of benzene rings is 1. The highest BCUT2D eigenvalue weighted by Crippen LogP contribution is 2.32. The summed E-state index contributed by atoms with van der Waals surface area (Å²) in [6, 6.07) is 11.5. The first-order valence-corrected chi connectivity index (χ1v) is 10.4. The Kier molecular flexibility index (Phi) is 6.02. The van der Waals surface area contributed by atoms with Gasteiger partial charge in [-0.05, 0) is 61.0 Å². The van der Waals surface area contributed by atoms with Crippen LogP contribution >= 0.6 is 0 Å². The summed E-state index contributed by atoms with van der Waals surface area (Å²) < 4.78 is 7.07. The topological polar surface area (TPSA) is 108 Å². The number of methoxy groups -OCH3 is 1. The fourth-order valence-corrected chi connectivity index (χ4v) is 3.30. The number of nitrogens with zero attached hydrogens (tertiary/aromatic N) is 4. The lowest BCUT2D eigenvalue weighted by Gasteiger charge is -2.11. The van der Waals surface area contributed by atoms with Crippen molar-refractivity contribution >= 4 is 28.3 Å². The van der Waals surface area contributed by atoms with Crippen LogP contribution in [0.15, 0.2) is 55.0 Å². The number of amides is 1. The van der Waals surface area contributed by atoms with Crippen molar-refractivity contribution in [2.45, 2.75) is 19.8 Å². The number of nitrogens with one attached hydrogen (secondary N) is 1. The van der Waals surface area contributed by atoms with Gasteiger partial charge in [-0.1, -0.05) is 6.07 Å². The van der Waals surface area contributed by atoms with Gasteiger partial charge in [0.05, 0.1) is 12.8 Å². The van der Waals surface area contributed by atoms with Crippen molar-refractivity contribution in [1.82, 2.24) is 19.7 Å². The number of aromatic nitrogens is 4. The number of pyridine rings is 2. The number of nitrogen functional groups attached to an aromatic ring is 1. The largest absolute Gasteiger partial charge is 0.497 e. The molecule has 8 heteroatoms. The Hall–Kier alpha value is -3.94. The number of fused-ring (bicyclic) bond motifs is 1. The Morgan fingerprint density at radius 3 is 2.69 bits per heavy atom. The molecule has 0 bridgehead atoms. The van der Waals surface area contributed by atoms with Crippen molar-refractivity contribution in [2.24, 2.45) is 13.0 Å². The zero-order valence-electron chi connectivity index (χ0n) is 18.4. The van der Waals surface area contributed by atoms with Crippen LogP contribution < -0.4 is 15.8 Å². The van der Waals surface area contributed by atoms with Crippen molar-refractivity contribution in [3.05, 3.63) is 60.6 Å². The SMILES string of the molecule is COc1ccc(C)c(-c2cc3cc(NC(=O)C4CC4)ncc3c(N)n2)c1.Cn1cccn1. The Labute approximate surface area is 186 Å². The lowest BCUT2D eigenvalue weighted by atomic mass is 10.0. The van der Waals surface area contributed by atoms with E-state index in [2.05, 4.69) is 20.4 Å². The smallest absolute Gasteiger partial charge is 0.228 e. The number of carbonyl (C=O) groups is 1. The lowest BCUT2D eigenvalue weighted by molar-refractivity contribution is -0.117. The molecular weight excluding hydrogens is 404 g/mol. The summed E-state index contributed by atoms with van der Waals surface area (Å²) in [6.45, 7) is 2.02. The van der Waals surface area contributed by atoms with Gasteiger partial charge in [0.1, 0.15) is 17.4 Å². The molecule has 32 heavy (non-hydrogen) atoms. The van der Waals surface area contributed by atoms with Crippen LogP contribution in [-0.4, -0.2) is 32.8 Å². The van der Waals surface area contributed by atoms with Crippen LogP contribution in [0.2, 0.25) is 0 Å². The number of nitrogens with two attached hydrogens (primary N) is 1. The molecule has 3 N–H and O–H groups in total. The molecular formula is C24H26N6O2. The van der Waals surface area contributed by atoms with Crippen molar-refractivity contribution in [3.8, 4) is 17.0 Å². The normalized spacial score (nSPS) is 12.7. The molecule has 0 radical (unpaired) electrons. The molecule has 8 nitrogen and oxygen atoms in total. The second-order valence-corrected chi connectivity index (χ2v) is 7.81. The van der Waals surface area contributed by atoms with E-state index in [0.717, 1.165) is 46.2 Å². The van der Waals surface area contributed by atoms with Crippen LogP contribution in [0.3, 0.4) is 0 Å². The fraction of sp³-hybridized carbons (Fsp3) is 0.250. The molecule has 3 heterocycles. The van der Waals surface area contributed by atoms with Gasteiger partial charge in [-0.2, -0.15) is 5.10 Å². The minimum Gasteiger partial charge on any atom is -0.497 e. The summed E-state index contributed by atoms with van der Waals surface area (Å²) in [5, 5.41) is 8.35. The fourth-order valence-electron chi connectivity index (χ4n) is 3.30. The minimum atomic E-state index is 0.0303. The highest BCUT2D eigenvalue weighted by atomic mass is 16.5. The monoisotopic (exact) mass is 430 g/mol. The van der Waals surface area contributed by atoms with Gasteiger partial charge in [0.2, 0.25) is 5.91 Å². The van der Waals surface area contributed by atoms with Crippen molar-refractivity contribution in [1.29, 1.82) is 0 Å². The predicted octanol–water partition coefficient (Wildman–Crippen LogP) is 3.96. The Balaban J connectivity index is 0.000000354. The first-order chi connectivity index (χ1) is 15.4. The number of ether oxygens (including phenoxy) is 1. The second kappa shape index (κ2) is 9.05. The average molecular weight is 431 g/mol. The predicted molar refractivity (Wildman–Crippen MR) is 125 cm³/mol. The van der Waals surface area contributed by atoms with E-state index in [1.54, 1.807) is 24.2 Å². The van der Waals surface area contributed by atoms with Crippen LogP contribution in [0.4, 0.5) is 11.6 Å². The van der Waals surface area contributed by atoms with E-state index < -0.39 is 0 Å². The summed E-state index contributed by atoms with van der Waals surface area (Å²) in [5.74, 6) is 1.87. The summed E-state index contributed by atoms with van der Waals surface area (Å²) in [4.78, 5) is 20.8. The summed E-state index contributed by atoms with van der Waals surface area (Å²) in [7, 11) is 3.52. The molecule has 3 aromatic heterocycles. The third-order valence-electron chi connectivity index (χ3n) is 5.30. The molecule has 1 saturated carbocycles. The third-order valence-corrected chi connectivity index (χ3v) is 5.30. The van der Waals surface area contributed by atoms with Gasteiger partial charge in [0.25, 0.3) is 0 Å². The molecule has 1 fully saturated rings. The van der Waals surface area contributed by atoms with E-state index in [-0.39, 0.29) is 11.8 Å². The molecule has 1 aromatic carbocycles. The number of aryl methyl sites for hydroxylation is 2. The van der Waals surface area contributed by atoms with Crippen LogP contribution in [0.5, 0.6) is 5.75 Å². The first kappa shape index (κ1) is 21.3. The molecule has 1 aliphatic carbocycles. The molecule has 0 aliphatic heterocycles. The molecule has 1 amide bonds. The summed E-state index contributed by atoms with van der Waals surface area (Å²) in [6.07, 6.45) is 7.20.